The normalized spacial score (nSPS) is 12.1. The Morgan fingerprint density at radius 3 is 2.74 bits per heavy atom. The molecule has 0 radical (unpaired) electrons. The van der Waals surface area contributed by atoms with Gasteiger partial charge in [0, 0.05) is 18.8 Å². The molecule has 0 fully saturated rings. The summed E-state index contributed by atoms with van der Waals surface area (Å²) in [5.41, 5.74) is 4.94. The first-order valence-corrected chi connectivity index (χ1v) is 7.77. The van der Waals surface area contributed by atoms with Gasteiger partial charge in [-0.25, -0.2) is 0 Å². The number of nitrogen functional groups attached to an aromatic ring is 1. The number of carbonyl (C=O) groups is 1. The SMILES string of the molecule is CCC(CSC)N(C)C(=O)c1cc(C)ccc1NN. The molecule has 0 aliphatic heterocycles. The highest BCUT2D eigenvalue weighted by Gasteiger charge is 2.21. The van der Waals surface area contributed by atoms with Gasteiger partial charge in [-0.05, 0) is 31.7 Å². The van der Waals surface area contributed by atoms with Gasteiger partial charge in [0.1, 0.15) is 0 Å². The van der Waals surface area contributed by atoms with Crippen LogP contribution in [0.15, 0.2) is 18.2 Å². The molecule has 1 atom stereocenters. The number of nitrogens with one attached hydrogen (secondary N) is 1. The van der Waals surface area contributed by atoms with Crippen molar-refractivity contribution in [2.45, 2.75) is 26.3 Å². The van der Waals surface area contributed by atoms with E-state index in [-0.39, 0.29) is 11.9 Å². The number of benzene rings is 1. The second kappa shape index (κ2) is 7.40. The summed E-state index contributed by atoms with van der Waals surface area (Å²) in [6.07, 6.45) is 3.00. The van der Waals surface area contributed by atoms with Crippen LogP contribution in [0.1, 0.15) is 29.3 Å². The van der Waals surface area contributed by atoms with Gasteiger partial charge in [-0.3, -0.25) is 10.6 Å². The number of carbonyl (C=O) groups excluding carboxylic acids is 1. The molecule has 3 N–H and O–H groups in total. The zero-order chi connectivity index (χ0) is 14.4. The van der Waals surface area contributed by atoms with Crippen molar-refractivity contribution in [1.82, 2.24) is 4.90 Å². The number of nitrogens with two attached hydrogens (primary N) is 1. The molecular formula is C14H23N3OS. The number of rotatable bonds is 6. The van der Waals surface area contributed by atoms with Crippen molar-refractivity contribution < 1.29 is 4.79 Å². The van der Waals surface area contributed by atoms with E-state index < -0.39 is 0 Å². The summed E-state index contributed by atoms with van der Waals surface area (Å²) in [6.45, 7) is 4.07. The van der Waals surface area contributed by atoms with Gasteiger partial charge in [0.25, 0.3) is 5.91 Å². The Bertz CT molecular complexity index is 437. The number of hydrazine groups is 1. The smallest absolute Gasteiger partial charge is 0.256 e. The Kier molecular flexibility index (Phi) is 6.18. The molecular weight excluding hydrogens is 258 g/mol. The summed E-state index contributed by atoms with van der Waals surface area (Å²) in [4.78, 5) is 14.4. The third kappa shape index (κ3) is 3.88. The van der Waals surface area contributed by atoms with Crippen LogP contribution in [0, 0.1) is 6.92 Å². The van der Waals surface area contributed by atoms with Crippen LogP contribution in [0.4, 0.5) is 5.69 Å². The first kappa shape index (κ1) is 15.9. The lowest BCUT2D eigenvalue weighted by Gasteiger charge is -2.27. The second-order valence-electron chi connectivity index (χ2n) is 4.63. The van der Waals surface area contributed by atoms with Gasteiger partial charge in [0.05, 0.1) is 11.3 Å². The maximum atomic E-state index is 12.6. The van der Waals surface area contributed by atoms with Crippen LogP contribution < -0.4 is 11.3 Å². The Morgan fingerprint density at radius 1 is 1.53 bits per heavy atom. The second-order valence-corrected chi connectivity index (χ2v) is 5.54. The molecule has 1 aromatic carbocycles. The van der Waals surface area contributed by atoms with Gasteiger partial charge in [-0.15, -0.1) is 0 Å². The van der Waals surface area contributed by atoms with E-state index in [2.05, 4.69) is 18.6 Å². The predicted molar refractivity (Wildman–Crippen MR) is 83.5 cm³/mol. The van der Waals surface area contributed by atoms with E-state index in [9.17, 15) is 4.79 Å². The summed E-state index contributed by atoms with van der Waals surface area (Å²) in [5, 5.41) is 0. The zero-order valence-corrected chi connectivity index (χ0v) is 12.9. The van der Waals surface area contributed by atoms with E-state index in [1.54, 1.807) is 11.8 Å². The molecule has 106 valence electrons. The number of aryl methyl sites for hydroxylation is 1. The molecule has 4 nitrogen and oxygen atoms in total. The summed E-state index contributed by atoms with van der Waals surface area (Å²) in [7, 11) is 1.86. The maximum Gasteiger partial charge on any atom is 0.256 e. The highest BCUT2D eigenvalue weighted by molar-refractivity contribution is 7.98. The molecule has 5 heteroatoms. The molecule has 1 unspecified atom stereocenters. The molecule has 1 amide bonds. The quantitative estimate of drug-likeness (QED) is 0.621. The molecule has 1 aromatic rings. The molecule has 0 aliphatic rings. The van der Waals surface area contributed by atoms with E-state index >= 15 is 0 Å². The number of amides is 1. The summed E-state index contributed by atoms with van der Waals surface area (Å²) in [6, 6.07) is 5.89. The minimum atomic E-state index is 0.0116. The first-order valence-electron chi connectivity index (χ1n) is 6.38. The van der Waals surface area contributed by atoms with Crippen molar-refractivity contribution in [3.8, 4) is 0 Å². The van der Waals surface area contributed by atoms with E-state index in [0.717, 1.165) is 17.7 Å². The fourth-order valence-corrected chi connectivity index (χ4v) is 2.86. The first-order chi connectivity index (χ1) is 9.04. The number of thioether (sulfide) groups is 1. The molecule has 0 saturated heterocycles. The van der Waals surface area contributed by atoms with Crippen molar-refractivity contribution in [3.05, 3.63) is 29.3 Å². The van der Waals surface area contributed by atoms with Crippen molar-refractivity contribution in [2.24, 2.45) is 5.84 Å². The Labute approximate surface area is 119 Å². The predicted octanol–water partition coefficient (Wildman–Crippen LogP) is 2.49. The van der Waals surface area contributed by atoms with E-state index in [4.69, 9.17) is 5.84 Å². The standard InChI is InChI=1S/C14H23N3OS/c1-5-11(9-19-4)17(3)14(18)12-8-10(2)6-7-13(12)16-15/h6-8,11,16H,5,9,15H2,1-4H3. The summed E-state index contributed by atoms with van der Waals surface area (Å²) >= 11 is 1.75. The number of hydrogen-bond acceptors (Lipinski definition) is 4. The monoisotopic (exact) mass is 281 g/mol. The van der Waals surface area contributed by atoms with Gasteiger partial charge in [0.15, 0.2) is 0 Å². The molecule has 0 aliphatic carbocycles. The Balaban J connectivity index is 3.01. The van der Waals surface area contributed by atoms with Crippen LogP contribution >= 0.6 is 11.8 Å². The van der Waals surface area contributed by atoms with Gasteiger partial charge in [0.2, 0.25) is 0 Å². The Morgan fingerprint density at radius 2 is 2.21 bits per heavy atom. The number of nitrogens with zero attached hydrogens (tertiary/aromatic N) is 1. The van der Waals surface area contributed by atoms with Crippen molar-refractivity contribution in [3.63, 3.8) is 0 Å². The van der Waals surface area contributed by atoms with Crippen LogP contribution in [0.2, 0.25) is 0 Å². The highest BCUT2D eigenvalue weighted by atomic mass is 32.2. The molecule has 19 heavy (non-hydrogen) atoms. The largest absolute Gasteiger partial charge is 0.338 e. The minimum Gasteiger partial charge on any atom is -0.338 e. The van der Waals surface area contributed by atoms with Crippen molar-refractivity contribution in [2.75, 3.05) is 24.5 Å². The lowest BCUT2D eigenvalue weighted by molar-refractivity contribution is 0.0744. The average Bonchev–Trinajstić information content (AvgIpc) is 2.43. The van der Waals surface area contributed by atoms with E-state index in [1.807, 2.05) is 37.1 Å². The topological polar surface area (TPSA) is 58.4 Å². The van der Waals surface area contributed by atoms with Crippen LogP contribution in [0.5, 0.6) is 0 Å². The summed E-state index contributed by atoms with van der Waals surface area (Å²) < 4.78 is 0. The molecule has 0 aromatic heterocycles. The lowest BCUT2D eigenvalue weighted by Crippen LogP contribution is -2.38. The highest BCUT2D eigenvalue weighted by Crippen LogP contribution is 2.20. The van der Waals surface area contributed by atoms with Crippen molar-refractivity contribution >= 4 is 23.4 Å². The Hall–Kier alpha value is -1.20. The van der Waals surface area contributed by atoms with Crippen LogP contribution in [-0.4, -0.2) is 35.9 Å². The fraction of sp³-hybridized carbons (Fsp3) is 0.500. The van der Waals surface area contributed by atoms with Crippen LogP contribution in [0.25, 0.3) is 0 Å². The molecule has 0 saturated carbocycles. The molecule has 0 spiro atoms. The van der Waals surface area contributed by atoms with Crippen LogP contribution in [0.3, 0.4) is 0 Å². The fourth-order valence-electron chi connectivity index (χ4n) is 2.01. The lowest BCUT2D eigenvalue weighted by atomic mass is 10.1. The molecule has 0 bridgehead atoms. The zero-order valence-electron chi connectivity index (χ0n) is 12.1. The third-order valence-electron chi connectivity index (χ3n) is 3.26. The average molecular weight is 281 g/mol. The van der Waals surface area contributed by atoms with E-state index in [0.29, 0.717) is 11.3 Å². The molecule has 0 heterocycles. The van der Waals surface area contributed by atoms with Crippen LogP contribution in [-0.2, 0) is 0 Å². The number of anilines is 1. The number of hydrogen-bond donors (Lipinski definition) is 2. The van der Waals surface area contributed by atoms with Crippen molar-refractivity contribution in [1.29, 1.82) is 0 Å². The van der Waals surface area contributed by atoms with E-state index in [1.165, 1.54) is 0 Å². The summed E-state index contributed by atoms with van der Waals surface area (Å²) in [5.74, 6) is 6.43. The van der Waals surface area contributed by atoms with Gasteiger partial charge in [-0.1, -0.05) is 18.6 Å². The van der Waals surface area contributed by atoms with Gasteiger partial charge < -0.3 is 10.3 Å². The van der Waals surface area contributed by atoms with Gasteiger partial charge >= 0.3 is 0 Å². The third-order valence-corrected chi connectivity index (χ3v) is 3.98. The molecule has 1 rings (SSSR count). The minimum absolute atomic E-state index is 0.0116. The van der Waals surface area contributed by atoms with Gasteiger partial charge in [-0.2, -0.15) is 11.8 Å². The maximum absolute atomic E-state index is 12.6.